The molecule has 3 aromatic rings. The number of H-pyrrole nitrogens is 1. The van der Waals surface area contributed by atoms with Gasteiger partial charge in [-0.05, 0) is 72.8 Å². The number of hydrogen-bond donors (Lipinski definition) is 3. The minimum atomic E-state index is -0.728. The number of aromatic amines is 1. The molecule has 204 valence electrons. The van der Waals surface area contributed by atoms with Crippen molar-refractivity contribution in [3.8, 4) is 0 Å². The Labute approximate surface area is 230 Å². The fourth-order valence-corrected chi connectivity index (χ4v) is 5.45. The Kier molecular flexibility index (Phi) is 9.05. The molecule has 2 atom stereocenters. The van der Waals surface area contributed by atoms with Crippen LogP contribution < -0.4 is 5.32 Å². The van der Waals surface area contributed by atoms with Crippen LogP contribution in [-0.4, -0.2) is 42.7 Å². The summed E-state index contributed by atoms with van der Waals surface area (Å²) < 4.78 is 0. The van der Waals surface area contributed by atoms with Crippen molar-refractivity contribution >= 4 is 17.6 Å². The zero-order valence-corrected chi connectivity index (χ0v) is 23.4. The molecule has 0 spiro atoms. The first-order valence-corrected chi connectivity index (χ1v) is 13.8. The highest BCUT2D eigenvalue weighted by Gasteiger charge is 2.34. The molecule has 1 fully saturated rings. The third-order valence-electron chi connectivity index (χ3n) is 7.82. The molecule has 1 aliphatic rings. The number of aromatic nitrogens is 4. The molecular formula is C29H39ClN6O2. The summed E-state index contributed by atoms with van der Waals surface area (Å²) in [5.74, 6) is 1.13. The number of aliphatic hydroxyl groups excluding tert-OH is 1. The van der Waals surface area contributed by atoms with Gasteiger partial charge >= 0.3 is 6.03 Å². The van der Waals surface area contributed by atoms with E-state index in [-0.39, 0.29) is 30.0 Å². The zero-order chi connectivity index (χ0) is 27.3. The van der Waals surface area contributed by atoms with Gasteiger partial charge in [0.05, 0.1) is 12.1 Å². The number of nitrogens with one attached hydrogen (secondary N) is 2. The molecule has 0 saturated heterocycles. The maximum Gasteiger partial charge on any atom is 0.318 e. The second-order valence-corrected chi connectivity index (χ2v) is 11.9. The number of urea groups is 1. The second kappa shape index (κ2) is 12.3. The van der Waals surface area contributed by atoms with Crippen molar-refractivity contribution in [2.24, 2.45) is 11.3 Å². The lowest BCUT2D eigenvalue weighted by atomic mass is 9.71. The van der Waals surface area contributed by atoms with Gasteiger partial charge in [0, 0.05) is 24.0 Å². The molecule has 3 N–H and O–H groups in total. The summed E-state index contributed by atoms with van der Waals surface area (Å²) in [6.07, 6.45) is 3.77. The van der Waals surface area contributed by atoms with E-state index in [9.17, 15) is 9.90 Å². The molecular weight excluding hydrogens is 500 g/mol. The highest BCUT2D eigenvalue weighted by Crippen LogP contribution is 2.39. The number of halogens is 1. The van der Waals surface area contributed by atoms with Gasteiger partial charge in [0.2, 0.25) is 0 Å². The molecule has 9 heteroatoms. The number of nitrogens with zero attached hydrogens (tertiary/aromatic N) is 4. The predicted octanol–water partition coefficient (Wildman–Crippen LogP) is 6.01. The molecule has 38 heavy (non-hydrogen) atoms. The lowest BCUT2D eigenvalue weighted by Crippen LogP contribution is -2.48. The lowest BCUT2D eigenvalue weighted by molar-refractivity contribution is 0.103. The van der Waals surface area contributed by atoms with Crippen LogP contribution in [0.4, 0.5) is 4.79 Å². The fraction of sp³-hybridized carbons (Fsp3) is 0.517. The number of benzene rings is 2. The molecule has 2 aromatic carbocycles. The number of rotatable bonds is 8. The van der Waals surface area contributed by atoms with E-state index in [0.29, 0.717) is 23.3 Å². The third kappa shape index (κ3) is 7.32. The highest BCUT2D eigenvalue weighted by molar-refractivity contribution is 6.30. The van der Waals surface area contributed by atoms with Crippen LogP contribution in [0.3, 0.4) is 0 Å². The zero-order valence-electron chi connectivity index (χ0n) is 22.7. The molecule has 8 nitrogen and oxygen atoms in total. The number of amides is 2. The second-order valence-electron chi connectivity index (χ2n) is 11.5. The standard InChI is InChI=1S/C29H39ClN6O2/c1-19(21-9-13-24(30)14-10-21)31-28(38)36(25-15-11-23(12-16-25)29(2,3)4)18-20-5-7-22(8-6-20)26(37)17-27-32-34-35-33-27/h5-10,13-14,19,23,25-26,37H,11-12,15-18H2,1-4H3,(H,31,38)(H,32,33,34,35)/t19-,23?,25?,26-/m0/s1. The summed E-state index contributed by atoms with van der Waals surface area (Å²) in [6.45, 7) is 9.43. The van der Waals surface area contributed by atoms with Crippen molar-refractivity contribution in [1.82, 2.24) is 30.8 Å². The van der Waals surface area contributed by atoms with Gasteiger partial charge in [-0.25, -0.2) is 4.79 Å². The molecule has 1 aliphatic carbocycles. The maximum atomic E-state index is 13.7. The van der Waals surface area contributed by atoms with Gasteiger partial charge in [-0.1, -0.05) is 74.0 Å². The SMILES string of the molecule is C[C@H](NC(=O)N(Cc1ccc([C@@H](O)Cc2nn[nH]n2)cc1)C1CCC(C(C)(C)C)CC1)c1ccc(Cl)cc1. The smallest absolute Gasteiger partial charge is 0.318 e. The van der Waals surface area contributed by atoms with E-state index in [4.69, 9.17) is 11.6 Å². The van der Waals surface area contributed by atoms with E-state index in [1.807, 2.05) is 60.4 Å². The molecule has 1 aromatic heterocycles. The predicted molar refractivity (Wildman–Crippen MR) is 148 cm³/mol. The van der Waals surface area contributed by atoms with Crippen molar-refractivity contribution in [3.63, 3.8) is 0 Å². The largest absolute Gasteiger partial charge is 0.388 e. The highest BCUT2D eigenvalue weighted by atomic mass is 35.5. The molecule has 2 amide bonds. The fourth-order valence-electron chi connectivity index (χ4n) is 5.32. The quantitative estimate of drug-likeness (QED) is 0.325. The van der Waals surface area contributed by atoms with Crippen LogP contribution in [-0.2, 0) is 13.0 Å². The Balaban J connectivity index is 1.47. The van der Waals surface area contributed by atoms with Crippen molar-refractivity contribution in [2.45, 2.75) is 84.5 Å². The van der Waals surface area contributed by atoms with E-state index in [1.54, 1.807) is 0 Å². The summed E-state index contributed by atoms with van der Waals surface area (Å²) >= 11 is 6.05. The summed E-state index contributed by atoms with van der Waals surface area (Å²) in [6, 6.07) is 15.3. The maximum absolute atomic E-state index is 13.7. The van der Waals surface area contributed by atoms with Crippen LogP contribution in [0, 0.1) is 11.3 Å². The summed E-state index contributed by atoms with van der Waals surface area (Å²) in [5.41, 5.74) is 3.09. The Hall–Kier alpha value is -2.97. The van der Waals surface area contributed by atoms with Gasteiger partial charge in [0.1, 0.15) is 0 Å². The first kappa shape index (κ1) is 28.0. The number of tetrazole rings is 1. The first-order chi connectivity index (χ1) is 18.1. The molecule has 0 radical (unpaired) electrons. The Morgan fingerprint density at radius 2 is 1.71 bits per heavy atom. The molecule has 0 unspecified atom stereocenters. The van der Waals surface area contributed by atoms with Gasteiger partial charge in [-0.2, -0.15) is 5.21 Å². The summed E-state index contributed by atoms with van der Waals surface area (Å²) in [7, 11) is 0. The van der Waals surface area contributed by atoms with Crippen LogP contribution in [0.2, 0.25) is 5.02 Å². The Bertz CT molecular complexity index is 1150. The van der Waals surface area contributed by atoms with Gasteiger partial charge < -0.3 is 15.3 Å². The number of carbonyl (C=O) groups excluding carboxylic acids is 1. The topological polar surface area (TPSA) is 107 Å². The van der Waals surface area contributed by atoms with E-state index in [1.165, 1.54) is 0 Å². The normalized spacial score (nSPS) is 19.5. The van der Waals surface area contributed by atoms with E-state index >= 15 is 0 Å². The van der Waals surface area contributed by atoms with Crippen LogP contribution in [0.5, 0.6) is 0 Å². The van der Waals surface area contributed by atoms with Gasteiger partial charge in [0.15, 0.2) is 5.82 Å². The monoisotopic (exact) mass is 538 g/mol. The Morgan fingerprint density at radius 1 is 1.08 bits per heavy atom. The number of aliphatic hydroxyl groups is 1. The molecule has 0 aliphatic heterocycles. The van der Waals surface area contributed by atoms with Crippen molar-refractivity contribution in [2.75, 3.05) is 0 Å². The van der Waals surface area contributed by atoms with Gasteiger partial charge in [0.25, 0.3) is 0 Å². The molecule has 4 rings (SSSR count). The molecule has 1 saturated carbocycles. The van der Waals surface area contributed by atoms with Gasteiger partial charge in [-0.15, -0.1) is 10.2 Å². The molecule has 0 bridgehead atoms. The average Bonchev–Trinajstić information content (AvgIpc) is 3.40. The van der Waals surface area contributed by atoms with Crippen LogP contribution >= 0.6 is 11.6 Å². The van der Waals surface area contributed by atoms with Crippen LogP contribution in [0.15, 0.2) is 48.5 Å². The minimum absolute atomic E-state index is 0.0622. The first-order valence-electron chi connectivity index (χ1n) is 13.4. The summed E-state index contributed by atoms with van der Waals surface area (Å²) in [4.78, 5) is 15.7. The minimum Gasteiger partial charge on any atom is -0.388 e. The lowest BCUT2D eigenvalue weighted by Gasteiger charge is -2.41. The Morgan fingerprint density at radius 3 is 2.29 bits per heavy atom. The number of carbonyl (C=O) groups is 1. The average molecular weight is 539 g/mol. The number of hydrogen-bond acceptors (Lipinski definition) is 5. The van der Waals surface area contributed by atoms with Crippen molar-refractivity contribution in [1.29, 1.82) is 0 Å². The van der Waals surface area contributed by atoms with Crippen LogP contribution in [0.1, 0.15) is 88.0 Å². The molecule has 1 heterocycles. The van der Waals surface area contributed by atoms with Crippen LogP contribution in [0.25, 0.3) is 0 Å². The van der Waals surface area contributed by atoms with E-state index < -0.39 is 6.10 Å². The summed E-state index contributed by atoms with van der Waals surface area (Å²) in [5, 5.41) is 28.2. The van der Waals surface area contributed by atoms with E-state index in [2.05, 4.69) is 46.7 Å². The van der Waals surface area contributed by atoms with Crippen molar-refractivity contribution < 1.29 is 9.90 Å². The van der Waals surface area contributed by atoms with E-state index in [0.717, 1.165) is 42.4 Å². The van der Waals surface area contributed by atoms with Gasteiger partial charge in [-0.3, -0.25) is 0 Å². The third-order valence-corrected chi connectivity index (χ3v) is 8.07. The van der Waals surface area contributed by atoms with Crippen molar-refractivity contribution in [3.05, 3.63) is 76.1 Å².